The molecular formula is C34H40ClN5O2. The van der Waals surface area contributed by atoms with Gasteiger partial charge in [-0.2, -0.15) is 0 Å². The van der Waals surface area contributed by atoms with Crippen LogP contribution in [0.3, 0.4) is 0 Å². The molecule has 3 fully saturated rings. The second-order valence-electron chi connectivity index (χ2n) is 13.5. The van der Waals surface area contributed by atoms with E-state index in [0.29, 0.717) is 40.5 Å². The largest absolute Gasteiger partial charge is 0.489 e. The number of nitrogens with zero attached hydrogens (tertiary/aromatic N) is 4. The summed E-state index contributed by atoms with van der Waals surface area (Å²) in [6.45, 7) is 20.8. The van der Waals surface area contributed by atoms with Gasteiger partial charge in [-0.3, -0.25) is 9.69 Å². The van der Waals surface area contributed by atoms with Gasteiger partial charge < -0.3 is 15.0 Å². The van der Waals surface area contributed by atoms with E-state index in [2.05, 4.69) is 54.6 Å². The van der Waals surface area contributed by atoms with Crippen molar-refractivity contribution >= 4 is 23.2 Å². The number of rotatable bonds is 4. The maximum atomic E-state index is 13.6. The molecule has 1 N–H and O–H groups in total. The third kappa shape index (κ3) is 5.17. The van der Waals surface area contributed by atoms with Crippen LogP contribution in [0.4, 0.5) is 5.69 Å². The zero-order chi connectivity index (χ0) is 29.6. The molecule has 0 unspecified atom stereocenters. The Morgan fingerprint density at radius 2 is 1.79 bits per heavy atom. The molecule has 42 heavy (non-hydrogen) atoms. The lowest BCUT2D eigenvalue weighted by atomic mass is 9.49. The van der Waals surface area contributed by atoms with Crippen molar-refractivity contribution < 1.29 is 9.53 Å². The van der Waals surface area contributed by atoms with E-state index in [0.717, 1.165) is 50.4 Å². The summed E-state index contributed by atoms with van der Waals surface area (Å²) in [5.41, 5.74) is 2.03. The normalized spacial score (nSPS) is 28.2. The summed E-state index contributed by atoms with van der Waals surface area (Å²) >= 11 is 6.27. The lowest BCUT2D eigenvalue weighted by molar-refractivity contribution is -0.199. The number of ether oxygens (including phenoxy) is 1. The molecule has 1 aromatic heterocycles. The lowest BCUT2D eigenvalue weighted by Gasteiger charge is -2.65. The molecular weight excluding hydrogens is 546 g/mol. The first kappa shape index (κ1) is 29.0. The molecule has 6 rings (SSSR count). The van der Waals surface area contributed by atoms with Gasteiger partial charge in [0.2, 0.25) is 5.69 Å². The summed E-state index contributed by atoms with van der Waals surface area (Å²) in [5.74, 6) is 7.92. The summed E-state index contributed by atoms with van der Waals surface area (Å²) < 4.78 is 6.45. The molecule has 1 saturated heterocycles. The molecule has 2 aliphatic carbocycles. The Balaban J connectivity index is 1.11. The van der Waals surface area contributed by atoms with Crippen LogP contribution in [-0.2, 0) is 6.54 Å². The number of fused-ring (bicyclic) bond motifs is 1. The molecule has 7 nitrogen and oxygen atoms in total. The number of pyridine rings is 1. The quantitative estimate of drug-likeness (QED) is 0.355. The Morgan fingerprint density at radius 3 is 2.45 bits per heavy atom. The van der Waals surface area contributed by atoms with Gasteiger partial charge in [0.15, 0.2) is 0 Å². The van der Waals surface area contributed by atoms with Crippen LogP contribution in [0.5, 0.6) is 5.75 Å². The molecule has 0 radical (unpaired) electrons. The first-order valence-corrected chi connectivity index (χ1v) is 15.6. The number of hydrogen-bond donors (Lipinski definition) is 1. The van der Waals surface area contributed by atoms with Crippen molar-refractivity contribution in [2.45, 2.75) is 78.1 Å². The standard InChI is InChI=1S/C34H40ClN5O2/c1-33(2)31(34(3,4)32(33)42-25-13-15-28(36-5)27(35)20-25)40-21-29-26(30(40)41)14-10-23(38-29)9-6-22-7-11-24(12-8-22)39-18-16-37-17-19-39/h10,13-15,20,22,24,31-32,37H,7-8,11-12,16-19,21H2,1-4H3. The van der Waals surface area contributed by atoms with Gasteiger partial charge in [0.25, 0.3) is 5.91 Å². The van der Waals surface area contributed by atoms with Crippen LogP contribution in [0.15, 0.2) is 30.3 Å². The molecule has 8 heteroatoms. The summed E-state index contributed by atoms with van der Waals surface area (Å²) in [6.07, 6.45) is 4.58. The zero-order valence-corrected chi connectivity index (χ0v) is 25.8. The summed E-state index contributed by atoms with van der Waals surface area (Å²) in [7, 11) is 0. The number of carbonyl (C=O) groups is 1. The Hall–Kier alpha value is -3.10. The number of carbonyl (C=O) groups excluding carboxylic acids is 1. The maximum Gasteiger partial charge on any atom is 0.256 e. The molecule has 220 valence electrons. The number of aromatic nitrogens is 1. The first-order chi connectivity index (χ1) is 20.1. The second kappa shape index (κ2) is 11.2. The van der Waals surface area contributed by atoms with E-state index in [1.54, 1.807) is 18.2 Å². The molecule has 1 aromatic carbocycles. The monoisotopic (exact) mass is 585 g/mol. The second-order valence-corrected chi connectivity index (χ2v) is 13.9. The summed E-state index contributed by atoms with van der Waals surface area (Å²) in [4.78, 5) is 26.5. The van der Waals surface area contributed by atoms with Crippen LogP contribution >= 0.6 is 11.6 Å². The lowest BCUT2D eigenvalue weighted by Crippen LogP contribution is -2.74. The van der Waals surface area contributed by atoms with Gasteiger partial charge in [-0.15, -0.1) is 0 Å². The Labute approximate surface area is 254 Å². The molecule has 0 atom stereocenters. The van der Waals surface area contributed by atoms with Crippen molar-refractivity contribution in [3.63, 3.8) is 0 Å². The number of halogens is 1. The fourth-order valence-electron chi connectivity index (χ4n) is 8.29. The Bertz CT molecular complexity index is 1450. The molecule has 3 heterocycles. The van der Waals surface area contributed by atoms with Gasteiger partial charge >= 0.3 is 0 Å². The third-order valence-corrected chi connectivity index (χ3v) is 10.2. The van der Waals surface area contributed by atoms with Crippen LogP contribution in [0.1, 0.15) is 75.1 Å². The van der Waals surface area contributed by atoms with E-state index in [1.807, 2.05) is 17.0 Å². The minimum atomic E-state index is -0.307. The number of nitrogens with one attached hydrogen (secondary N) is 1. The van der Waals surface area contributed by atoms with Gasteiger partial charge in [0.05, 0.1) is 29.4 Å². The van der Waals surface area contributed by atoms with Crippen LogP contribution in [-0.4, -0.2) is 65.1 Å². The molecule has 0 spiro atoms. The van der Waals surface area contributed by atoms with Crippen molar-refractivity contribution in [2.24, 2.45) is 16.7 Å². The van der Waals surface area contributed by atoms with E-state index >= 15 is 0 Å². The van der Waals surface area contributed by atoms with Gasteiger partial charge in [0, 0.05) is 55.0 Å². The van der Waals surface area contributed by atoms with E-state index in [9.17, 15) is 4.79 Å². The fraction of sp³-hybridized carbons (Fsp3) is 0.559. The molecule has 4 aliphatic rings. The predicted octanol–water partition coefficient (Wildman–Crippen LogP) is 5.94. The number of benzene rings is 1. The molecule has 2 saturated carbocycles. The van der Waals surface area contributed by atoms with Gasteiger partial charge in [-0.1, -0.05) is 51.3 Å². The summed E-state index contributed by atoms with van der Waals surface area (Å²) in [5, 5.41) is 3.83. The zero-order valence-electron chi connectivity index (χ0n) is 25.0. The van der Waals surface area contributed by atoms with E-state index < -0.39 is 0 Å². The van der Waals surface area contributed by atoms with E-state index in [-0.39, 0.29) is 28.9 Å². The number of amides is 1. The molecule has 1 amide bonds. The highest BCUT2D eigenvalue weighted by atomic mass is 35.5. The Morgan fingerprint density at radius 1 is 1.07 bits per heavy atom. The van der Waals surface area contributed by atoms with Crippen LogP contribution in [0.2, 0.25) is 5.02 Å². The fourth-order valence-corrected chi connectivity index (χ4v) is 8.51. The smallest absolute Gasteiger partial charge is 0.256 e. The predicted molar refractivity (Wildman–Crippen MR) is 165 cm³/mol. The van der Waals surface area contributed by atoms with Crippen LogP contribution in [0.25, 0.3) is 4.85 Å². The van der Waals surface area contributed by atoms with Crippen LogP contribution in [0, 0.1) is 35.2 Å². The summed E-state index contributed by atoms with van der Waals surface area (Å²) in [6, 6.07) is 9.66. The maximum absolute atomic E-state index is 13.6. The van der Waals surface area contributed by atoms with Crippen molar-refractivity contribution in [1.29, 1.82) is 0 Å². The molecule has 2 aromatic rings. The van der Waals surface area contributed by atoms with E-state index in [1.165, 1.54) is 12.8 Å². The van der Waals surface area contributed by atoms with Crippen LogP contribution < -0.4 is 10.1 Å². The van der Waals surface area contributed by atoms with Gasteiger partial charge in [0.1, 0.15) is 17.5 Å². The average Bonchev–Trinajstić information content (AvgIpc) is 3.29. The minimum Gasteiger partial charge on any atom is -0.489 e. The highest BCUT2D eigenvalue weighted by Gasteiger charge is 2.67. The van der Waals surface area contributed by atoms with Gasteiger partial charge in [-0.25, -0.2) is 9.83 Å². The minimum absolute atomic E-state index is 0.0253. The number of hydrogen-bond acceptors (Lipinski definition) is 5. The molecule has 2 aliphatic heterocycles. The molecule has 0 bridgehead atoms. The van der Waals surface area contributed by atoms with E-state index in [4.69, 9.17) is 27.9 Å². The van der Waals surface area contributed by atoms with Crippen molar-refractivity contribution in [3.05, 3.63) is 63.7 Å². The topological polar surface area (TPSA) is 62.1 Å². The first-order valence-electron chi connectivity index (χ1n) is 15.2. The Kier molecular flexibility index (Phi) is 7.73. The van der Waals surface area contributed by atoms with Gasteiger partial charge in [-0.05, 0) is 55.9 Å². The van der Waals surface area contributed by atoms with Crippen molar-refractivity contribution in [2.75, 3.05) is 26.2 Å². The van der Waals surface area contributed by atoms with Crippen molar-refractivity contribution in [3.8, 4) is 17.6 Å². The SMILES string of the molecule is [C-]#[N+]c1ccc(OC2C(C)(C)C(N3Cc4nc(C#CC5CCC(N6CCNCC6)CC5)ccc4C3=O)C2(C)C)cc1Cl. The average molecular weight is 586 g/mol. The highest BCUT2D eigenvalue weighted by Crippen LogP contribution is 2.59. The number of piperazine rings is 1. The van der Waals surface area contributed by atoms with Crippen molar-refractivity contribution in [1.82, 2.24) is 20.1 Å². The highest BCUT2D eigenvalue weighted by molar-refractivity contribution is 6.33. The third-order valence-electron chi connectivity index (χ3n) is 9.92.